The molecule has 1 aliphatic rings. The topological polar surface area (TPSA) is 64.3 Å². The average molecular weight is 234 g/mol. The summed E-state index contributed by atoms with van der Waals surface area (Å²) in [6.07, 6.45) is 0. The van der Waals surface area contributed by atoms with Crippen LogP contribution in [-0.2, 0) is 16.1 Å². The van der Waals surface area contributed by atoms with Crippen LogP contribution in [0.1, 0.15) is 31.0 Å². The number of fused-ring (bicyclic) bond motifs is 1. The molecule has 0 radical (unpaired) electrons. The molecule has 92 valence electrons. The minimum atomic E-state index is -0.738. The predicted octanol–water partition coefficient (Wildman–Crippen LogP) is 1.11. The SMILES string of the molecule is CC(C)(NC1COCc2ccccc21)C(N)=O. The number of benzene rings is 1. The lowest BCUT2D eigenvalue weighted by molar-refractivity contribution is -0.123. The lowest BCUT2D eigenvalue weighted by atomic mass is 9.95. The summed E-state index contributed by atoms with van der Waals surface area (Å²) in [4.78, 5) is 11.3. The molecule has 0 fully saturated rings. The summed E-state index contributed by atoms with van der Waals surface area (Å²) < 4.78 is 5.52. The van der Waals surface area contributed by atoms with Gasteiger partial charge < -0.3 is 10.5 Å². The second kappa shape index (κ2) is 4.47. The summed E-state index contributed by atoms with van der Waals surface area (Å²) >= 11 is 0. The van der Waals surface area contributed by atoms with Crippen LogP contribution < -0.4 is 11.1 Å². The number of carbonyl (C=O) groups excluding carboxylic acids is 1. The molecule has 17 heavy (non-hydrogen) atoms. The minimum Gasteiger partial charge on any atom is -0.375 e. The number of primary amides is 1. The predicted molar refractivity (Wildman–Crippen MR) is 65.2 cm³/mol. The van der Waals surface area contributed by atoms with Crippen molar-refractivity contribution in [2.75, 3.05) is 6.61 Å². The minimum absolute atomic E-state index is 0.0162. The number of hydrogen-bond donors (Lipinski definition) is 2. The third-order valence-corrected chi connectivity index (χ3v) is 3.12. The van der Waals surface area contributed by atoms with Gasteiger partial charge in [-0.1, -0.05) is 24.3 Å². The molecule has 1 aromatic carbocycles. The van der Waals surface area contributed by atoms with Gasteiger partial charge in [-0.2, -0.15) is 0 Å². The second-order valence-electron chi connectivity index (χ2n) is 4.90. The van der Waals surface area contributed by atoms with Gasteiger partial charge in [0.05, 0.1) is 24.8 Å². The first-order valence-corrected chi connectivity index (χ1v) is 5.74. The Morgan fingerprint density at radius 1 is 1.47 bits per heavy atom. The fourth-order valence-electron chi connectivity index (χ4n) is 2.01. The molecule has 0 aliphatic carbocycles. The fraction of sp³-hybridized carbons (Fsp3) is 0.462. The summed E-state index contributed by atoms with van der Waals surface area (Å²) in [5.74, 6) is -0.361. The maximum Gasteiger partial charge on any atom is 0.237 e. The lowest BCUT2D eigenvalue weighted by Gasteiger charge is -2.33. The van der Waals surface area contributed by atoms with Crippen LogP contribution in [0.3, 0.4) is 0 Å². The molecular weight excluding hydrogens is 216 g/mol. The summed E-state index contributed by atoms with van der Waals surface area (Å²) in [6, 6.07) is 8.11. The molecule has 0 aromatic heterocycles. The van der Waals surface area contributed by atoms with Gasteiger partial charge in [0.25, 0.3) is 0 Å². The van der Waals surface area contributed by atoms with Gasteiger partial charge in [-0.3, -0.25) is 10.1 Å². The standard InChI is InChI=1S/C13H18N2O2/c1-13(2,12(14)16)15-11-8-17-7-9-5-3-4-6-10(9)11/h3-6,11,15H,7-8H2,1-2H3,(H2,14,16). The Bertz CT molecular complexity index is 429. The highest BCUT2D eigenvalue weighted by atomic mass is 16.5. The zero-order valence-electron chi connectivity index (χ0n) is 10.2. The maximum absolute atomic E-state index is 11.3. The molecule has 2 rings (SSSR count). The van der Waals surface area contributed by atoms with Gasteiger partial charge in [0.2, 0.25) is 5.91 Å². The molecule has 0 bridgehead atoms. The third-order valence-electron chi connectivity index (χ3n) is 3.12. The fourth-order valence-corrected chi connectivity index (χ4v) is 2.01. The van der Waals surface area contributed by atoms with Crippen molar-refractivity contribution in [3.05, 3.63) is 35.4 Å². The van der Waals surface area contributed by atoms with E-state index in [-0.39, 0.29) is 11.9 Å². The maximum atomic E-state index is 11.3. The highest BCUT2D eigenvalue weighted by molar-refractivity contribution is 5.83. The van der Waals surface area contributed by atoms with E-state index in [1.54, 1.807) is 13.8 Å². The molecule has 0 spiro atoms. The third kappa shape index (κ3) is 2.48. The first kappa shape index (κ1) is 12.1. The van der Waals surface area contributed by atoms with E-state index in [0.29, 0.717) is 13.2 Å². The summed E-state index contributed by atoms with van der Waals surface area (Å²) in [7, 11) is 0. The Morgan fingerprint density at radius 3 is 2.88 bits per heavy atom. The van der Waals surface area contributed by atoms with Gasteiger partial charge in [0.15, 0.2) is 0 Å². The molecule has 1 amide bonds. The van der Waals surface area contributed by atoms with Crippen LogP contribution in [0.15, 0.2) is 24.3 Å². The van der Waals surface area contributed by atoms with E-state index in [9.17, 15) is 4.79 Å². The van der Waals surface area contributed by atoms with Gasteiger partial charge in [-0.05, 0) is 25.0 Å². The van der Waals surface area contributed by atoms with Crippen LogP contribution in [0.4, 0.5) is 0 Å². The Labute approximate surface area is 101 Å². The Hall–Kier alpha value is -1.39. The molecule has 4 heteroatoms. The number of rotatable bonds is 3. The van der Waals surface area contributed by atoms with Crippen LogP contribution in [0.5, 0.6) is 0 Å². The van der Waals surface area contributed by atoms with E-state index in [0.717, 1.165) is 5.56 Å². The first-order valence-electron chi connectivity index (χ1n) is 5.74. The smallest absolute Gasteiger partial charge is 0.237 e. The molecule has 1 aliphatic heterocycles. The van der Waals surface area contributed by atoms with Crippen LogP contribution in [0, 0.1) is 0 Å². The van der Waals surface area contributed by atoms with Crippen molar-refractivity contribution in [2.45, 2.75) is 32.0 Å². The largest absolute Gasteiger partial charge is 0.375 e. The Kier molecular flexibility index (Phi) is 3.17. The van der Waals surface area contributed by atoms with E-state index < -0.39 is 5.54 Å². The normalized spacial score (nSPS) is 19.8. The summed E-state index contributed by atoms with van der Waals surface area (Å²) in [5, 5.41) is 3.25. The Morgan fingerprint density at radius 2 is 2.18 bits per heavy atom. The van der Waals surface area contributed by atoms with Crippen LogP contribution in [-0.4, -0.2) is 18.1 Å². The molecule has 1 aromatic rings. The monoisotopic (exact) mass is 234 g/mol. The molecule has 0 saturated carbocycles. The van der Waals surface area contributed by atoms with Crippen molar-refractivity contribution in [1.29, 1.82) is 0 Å². The number of carbonyl (C=O) groups is 1. The highest BCUT2D eigenvalue weighted by Crippen LogP contribution is 2.26. The number of hydrogen-bond acceptors (Lipinski definition) is 3. The van der Waals surface area contributed by atoms with E-state index in [2.05, 4.69) is 11.4 Å². The summed E-state index contributed by atoms with van der Waals surface area (Å²) in [6.45, 7) is 4.76. The molecular formula is C13H18N2O2. The van der Waals surface area contributed by atoms with Gasteiger partial charge >= 0.3 is 0 Å². The van der Waals surface area contributed by atoms with Gasteiger partial charge in [-0.25, -0.2) is 0 Å². The van der Waals surface area contributed by atoms with E-state index in [1.165, 1.54) is 5.56 Å². The quantitative estimate of drug-likeness (QED) is 0.823. The Balaban J connectivity index is 2.22. The van der Waals surface area contributed by atoms with Gasteiger partial charge in [0, 0.05) is 0 Å². The number of nitrogens with two attached hydrogens (primary N) is 1. The molecule has 1 atom stereocenters. The molecule has 4 nitrogen and oxygen atoms in total. The van der Waals surface area contributed by atoms with Crippen molar-refractivity contribution in [2.24, 2.45) is 5.73 Å². The average Bonchev–Trinajstić information content (AvgIpc) is 2.29. The number of nitrogens with one attached hydrogen (secondary N) is 1. The molecule has 3 N–H and O–H groups in total. The zero-order chi connectivity index (χ0) is 12.5. The number of amides is 1. The highest BCUT2D eigenvalue weighted by Gasteiger charge is 2.30. The molecule has 1 unspecified atom stereocenters. The van der Waals surface area contributed by atoms with Gasteiger partial charge in [0.1, 0.15) is 0 Å². The first-order chi connectivity index (χ1) is 8.00. The van der Waals surface area contributed by atoms with Crippen LogP contribution >= 0.6 is 0 Å². The van der Waals surface area contributed by atoms with E-state index in [4.69, 9.17) is 10.5 Å². The lowest BCUT2D eigenvalue weighted by Crippen LogP contribution is -2.53. The van der Waals surface area contributed by atoms with Crippen molar-refractivity contribution in [3.63, 3.8) is 0 Å². The van der Waals surface area contributed by atoms with Crippen molar-refractivity contribution < 1.29 is 9.53 Å². The van der Waals surface area contributed by atoms with Crippen molar-refractivity contribution >= 4 is 5.91 Å². The second-order valence-corrected chi connectivity index (χ2v) is 4.90. The summed E-state index contributed by atoms with van der Waals surface area (Å²) in [5.41, 5.74) is 6.98. The van der Waals surface area contributed by atoms with E-state index >= 15 is 0 Å². The van der Waals surface area contributed by atoms with Crippen LogP contribution in [0.25, 0.3) is 0 Å². The van der Waals surface area contributed by atoms with E-state index in [1.807, 2.05) is 18.2 Å². The zero-order valence-corrected chi connectivity index (χ0v) is 10.2. The van der Waals surface area contributed by atoms with Gasteiger partial charge in [-0.15, -0.1) is 0 Å². The number of ether oxygens (including phenoxy) is 1. The van der Waals surface area contributed by atoms with Crippen molar-refractivity contribution in [1.82, 2.24) is 5.32 Å². The van der Waals surface area contributed by atoms with Crippen LogP contribution in [0.2, 0.25) is 0 Å². The van der Waals surface area contributed by atoms with Crippen molar-refractivity contribution in [3.8, 4) is 0 Å². The molecule has 0 saturated heterocycles. The molecule has 1 heterocycles.